The van der Waals surface area contributed by atoms with Crippen LogP contribution in [0.25, 0.3) is 5.65 Å². The van der Waals surface area contributed by atoms with Crippen LogP contribution in [-0.2, 0) is 4.74 Å². The first-order chi connectivity index (χ1) is 7.36. The summed E-state index contributed by atoms with van der Waals surface area (Å²) in [5.74, 6) is 1.02. The zero-order chi connectivity index (χ0) is 10.3. The molecule has 0 unspecified atom stereocenters. The third-order valence-corrected chi connectivity index (χ3v) is 2.58. The van der Waals surface area contributed by atoms with Gasteiger partial charge in [0, 0.05) is 5.92 Å². The Hall–Kier alpha value is -1.62. The molecule has 0 N–H and O–H groups in total. The molecule has 5 nitrogen and oxygen atoms in total. The van der Waals surface area contributed by atoms with Gasteiger partial charge in [-0.05, 0) is 12.1 Å². The molecule has 2 aromatic heterocycles. The van der Waals surface area contributed by atoms with Crippen molar-refractivity contribution >= 4 is 5.65 Å². The molecule has 0 bridgehead atoms. The van der Waals surface area contributed by atoms with E-state index in [-0.39, 0.29) is 0 Å². The molecule has 0 radical (unpaired) electrons. The van der Waals surface area contributed by atoms with Gasteiger partial charge in [-0.25, -0.2) is 4.52 Å². The monoisotopic (exact) mass is 205 g/mol. The molecular formula is C10H11N3O2. The van der Waals surface area contributed by atoms with Crippen LogP contribution < -0.4 is 4.74 Å². The number of ether oxygens (including phenoxy) is 2. The van der Waals surface area contributed by atoms with E-state index < -0.39 is 0 Å². The fourth-order valence-corrected chi connectivity index (χ4v) is 1.60. The van der Waals surface area contributed by atoms with Crippen LogP contribution in [-0.4, -0.2) is 34.9 Å². The van der Waals surface area contributed by atoms with Crippen LogP contribution in [0.5, 0.6) is 5.88 Å². The largest absolute Gasteiger partial charge is 0.480 e. The average molecular weight is 205 g/mol. The maximum absolute atomic E-state index is 5.14. The molecule has 0 spiro atoms. The first-order valence-corrected chi connectivity index (χ1v) is 4.85. The van der Waals surface area contributed by atoms with Crippen molar-refractivity contribution in [2.75, 3.05) is 20.3 Å². The lowest BCUT2D eigenvalue weighted by molar-refractivity contribution is 0.00628. The van der Waals surface area contributed by atoms with Gasteiger partial charge in [0.15, 0.2) is 5.65 Å². The van der Waals surface area contributed by atoms with E-state index >= 15 is 0 Å². The summed E-state index contributed by atoms with van der Waals surface area (Å²) in [4.78, 5) is 4.22. The number of hydrogen-bond donors (Lipinski definition) is 0. The Kier molecular flexibility index (Phi) is 1.85. The van der Waals surface area contributed by atoms with Gasteiger partial charge < -0.3 is 9.47 Å². The van der Waals surface area contributed by atoms with Crippen molar-refractivity contribution in [1.29, 1.82) is 0 Å². The van der Waals surface area contributed by atoms with Crippen LogP contribution in [0, 0.1) is 0 Å². The lowest BCUT2D eigenvalue weighted by Crippen LogP contribution is -2.26. The first kappa shape index (κ1) is 8.67. The van der Waals surface area contributed by atoms with Crippen molar-refractivity contribution < 1.29 is 9.47 Å². The second-order valence-electron chi connectivity index (χ2n) is 3.58. The molecule has 0 aliphatic carbocycles. The predicted molar refractivity (Wildman–Crippen MR) is 53.1 cm³/mol. The highest BCUT2D eigenvalue weighted by atomic mass is 16.5. The first-order valence-electron chi connectivity index (χ1n) is 4.85. The van der Waals surface area contributed by atoms with Gasteiger partial charge in [0.05, 0.1) is 32.2 Å². The zero-order valence-corrected chi connectivity index (χ0v) is 8.38. The maximum atomic E-state index is 5.14. The molecule has 1 saturated heterocycles. The van der Waals surface area contributed by atoms with Gasteiger partial charge in [0.1, 0.15) is 0 Å². The van der Waals surface area contributed by atoms with E-state index in [0.717, 1.165) is 24.6 Å². The van der Waals surface area contributed by atoms with Crippen molar-refractivity contribution in [1.82, 2.24) is 14.6 Å². The topological polar surface area (TPSA) is 48.7 Å². The number of hydrogen-bond acceptors (Lipinski definition) is 4. The Morgan fingerprint density at radius 2 is 2.33 bits per heavy atom. The standard InChI is InChI=1S/C10H11N3O2/c1-14-10-4-13-9(11-10)3-2-8(12-13)7-5-15-6-7/h2-4,7H,5-6H2,1H3. The number of fused-ring (bicyclic) bond motifs is 1. The van der Waals surface area contributed by atoms with Crippen LogP contribution in [0.15, 0.2) is 18.3 Å². The summed E-state index contributed by atoms with van der Waals surface area (Å²) in [5.41, 5.74) is 1.85. The summed E-state index contributed by atoms with van der Waals surface area (Å²) in [5, 5.41) is 4.46. The Morgan fingerprint density at radius 1 is 1.47 bits per heavy atom. The molecule has 1 aliphatic heterocycles. The summed E-state index contributed by atoms with van der Waals surface area (Å²) in [6, 6.07) is 3.94. The fourth-order valence-electron chi connectivity index (χ4n) is 1.60. The van der Waals surface area contributed by atoms with E-state index in [1.807, 2.05) is 12.1 Å². The predicted octanol–water partition coefficient (Wildman–Crippen LogP) is 0.852. The van der Waals surface area contributed by atoms with Gasteiger partial charge in [-0.2, -0.15) is 10.1 Å². The summed E-state index contributed by atoms with van der Waals surface area (Å²) >= 11 is 0. The highest BCUT2D eigenvalue weighted by Gasteiger charge is 2.22. The highest BCUT2D eigenvalue weighted by Crippen LogP contribution is 2.22. The normalized spacial score (nSPS) is 16.6. The van der Waals surface area contributed by atoms with E-state index in [9.17, 15) is 0 Å². The number of rotatable bonds is 2. The highest BCUT2D eigenvalue weighted by molar-refractivity contribution is 5.40. The molecule has 2 aromatic rings. The quantitative estimate of drug-likeness (QED) is 0.729. The summed E-state index contributed by atoms with van der Waals surface area (Å²) in [6.45, 7) is 1.54. The van der Waals surface area contributed by atoms with Gasteiger partial charge in [-0.3, -0.25) is 0 Å². The van der Waals surface area contributed by atoms with E-state index in [1.54, 1.807) is 17.8 Å². The summed E-state index contributed by atoms with van der Waals surface area (Å²) in [7, 11) is 1.60. The molecule has 0 amide bonds. The number of nitrogens with zero attached hydrogens (tertiary/aromatic N) is 3. The average Bonchev–Trinajstić information content (AvgIpc) is 2.57. The number of methoxy groups -OCH3 is 1. The molecule has 1 aliphatic rings. The van der Waals surface area contributed by atoms with Crippen LogP contribution in [0.4, 0.5) is 0 Å². The van der Waals surface area contributed by atoms with Gasteiger partial charge in [0.25, 0.3) is 0 Å². The Balaban J connectivity index is 2.04. The summed E-state index contributed by atoms with van der Waals surface area (Å²) in [6.07, 6.45) is 1.78. The third-order valence-electron chi connectivity index (χ3n) is 2.58. The molecule has 0 atom stereocenters. The summed E-state index contributed by atoms with van der Waals surface area (Å²) < 4.78 is 11.9. The van der Waals surface area contributed by atoms with Crippen molar-refractivity contribution in [2.45, 2.75) is 5.92 Å². The van der Waals surface area contributed by atoms with Crippen molar-refractivity contribution in [2.24, 2.45) is 0 Å². The lowest BCUT2D eigenvalue weighted by atomic mass is 10.0. The molecule has 3 heterocycles. The SMILES string of the molecule is COc1cn2nc(C3COC3)ccc2n1. The van der Waals surface area contributed by atoms with E-state index in [4.69, 9.17) is 9.47 Å². The van der Waals surface area contributed by atoms with Gasteiger partial charge in [-0.1, -0.05) is 0 Å². The van der Waals surface area contributed by atoms with Crippen LogP contribution in [0.2, 0.25) is 0 Å². The van der Waals surface area contributed by atoms with Gasteiger partial charge >= 0.3 is 0 Å². The molecular weight excluding hydrogens is 194 g/mol. The van der Waals surface area contributed by atoms with E-state index in [2.05, 4.69) is 10.1 Å². The van der Waals surface area contributed by atoms with Crippen molar-refractivity contribution in [3.05, 3.63) is 24.0 Å². The molecule has 0 saturated carbocycles. The smallest absolute Gasteiger partial charge is 0.234 e. The second kappa shape index (κ2) is 3.20. The second-order valence-corrected chi connectivity index (χ2v) is 3.58. The fraction of sp³-hybridized carbons (Fsp3) is 0.400. The van der Waals surface area contributed by atoms with Crippen molar-refractivity contribution in [3.63, 3.8) is 0 Å². The van der Waals surface area contributed by atoms with Gasteiger partial charge in [0.2, 0.25) is 5.88 Å². The van der Waals surface area contributed by atoms with Crippen LogP contribution in [0.1, 0.15) is 11.6 Å². The zero-order valence-electron chi connectivity index (χ0n) is 8.38. The van der Waals surface area contributed by atoms with E-state index in [0.29, 0.717) is 11.8 Å². The van der Waals surface area contributed by atoms with E-state index in [1.165, 1.54) is 0 Å². The Morgan fingerprint density at radius 3 is 3.00 bits per heavy atom. The minimum absolute atomic E-state index is 0.433. The van der Waals surface area contributed by atoms with Crippen LogP contribution in [0.3, 0.4) is 0 Å². The Bertz CT molecular complexity index is 490. The molecule has 15 heavy (non-hydrogen) atoms. The molecule has 0 aromatic carbocycles. The molecule has 78 valence electrons. The van der Waals surface area contributed by atoms with Gasteiger partial charge in [-0.15, -0.1) is 0 Å². The van der Waals surface area contributed by atoms with Crippen LogP contribution >= 0.6 is 0 Å². The minimum atomic E-state index is 0.433. The number of aromatic nitrogens is 3. The molecule has 1 fully saturated rings. The Labute approximate surface area is 86.6 Å². The lowest BCUT2D eigenvalue weighted by Gasteiger charge is -2.24. The molecule has 3 rings (SSSR count). The van der Waals surface area contributed by atoms with Crippen molar-refractivity contribution in [3.8, 4) is 5.88 Å². The minimum Gasteiger partial charge on any atom is -0.480 e. The third kappa shape index (κ3) is 1.35. The number of imidazole rings is 1. The maximum Gasteiger partial charge on any atom is 0.234 e. The molecule has 5 heteroatoms.